The van der Waals surface area contributed by atoms with Gasteiger partial charge in [0.25, 0.3) is 11.5 Å². The number of aromatic nitrogens is 1. The van der Waals surface area contributed by atoms with Crippen LogP contribution in [0.15, 0.2) is 71.5 Å². The van der Waals surface area contributed by atoms with E-state index in [0.29, 0.717) is 28.9 Å². The molecule has 1 heterocycles. The van der Waals surface area contributed by atoms with Gasteiger partial charge >= 0.3 is 0 Å². The van der Waals surface area contributed by atoms with Crippen LogP contribution in [0.4, 0.5) is 15.9 Å². The van der Waals surface area contributed by atoms with Crippen LogP contribution in [-0.4, -0.2) is 24.2 Å². The minimum absolute atomic E-state index is 0.0761. The molecule has 3 N–H and O–H groups in total. The van der Waals surface area contributed by atoms with Gasteiger partial charge in [-0.2, -0.15) is 0 Å². The molecule has 1 aromatic heterocycles. The smallest absolute Gasteiger partial charge is 0.260 e. The third-order valence-electron chi connectivity index (χ3n) is 5.51. The van der Waals surface area contributed by atoms with Crippen LogP contribution in [0.1, 0.15) is 15.9 Å². The summed E-state index contributed by atoms with van der Waals surface area (Å²) in [6.07, 6.45) is 0. The van der Waals surface area contributed by atoms with Gasteiger partial charge in [-0.15, -0.1) is 0 Å². The highest BCUT2D eigenvalue weighted by atomic mass is 19.1. The van der Waals surface area contributed by atoms with E-state index in [-0.39, 0.29) is 17.7 Å². The Morgan fingerprint density at radius 3 is 2.58 bits per heavy atom. The van der Waals surface area contributed by atoms with Crippen molar-refractivity contribution < 1.29 is 13.9 Å². The van der Waals surface area contributed by atoms with Crippen LogP contribution in [0.3, 0.4) is 0 Å². The fourth-order valence-electron chi connectivity index (χ4n) is 3.90. The highest BCUT2D eigenvalue weighted by Crippen LogP contribution is 2.34. The van der Waals surface area contributed by atoms with Gasteiger partial charge in [-0.25, -0.2) is 4.39 Å². The SMILES string of the molecule is COCCn1c(N)c(-c2cccc(C)c2)c2ccc(NC(=O)c3ccccc3F)cc2c1=O. The summed E-state index contributed by atoms with van der Waals surface area (Å²) >= 11 is 0. The van der Waals surface area contributed by atoms with Gasteiger partial charge < -0.3 is 15.8 Å². The number of carbonyl (C=O) groups is 1. The monoisotopic (exact) mass is 445 g/mol. The Balaban J connectivity index is 1.87. The molecule has 0 unspecified atom stereocenters. The lowest BCUT2D eigenvalue weighted by Crippen LogP contribution is -2.26. The molecule has 0 saturated heterocycles. The molecule has 0 bridgehead atoms. The number of amides is 1. The maximum atomic E-state index is 14.0. The summed E-state index contributed by atoms with van der Waals surface area (Å²) in [7, 11) is 1.56. The molecule has 0 atom stereocenters. The van der Waals surface area contributed by atoms with E-state index in [4.69, 9.17) is 10.5 Å². The van der Waals surface area contributed by atoms with Gasteiger partial charge in [-0.05, 0) is 42.1 Å². The lowest BCUT2D eigenvalue weighted by atomic mass is 9.97. The minimum atomic E-state index is -0.618. The van der Waals surface area contributed by atoms with Crippen LogP contribution >= 0.6 is 0 Å². The number of pyridine rings is 1. The summed E-state index contributed by atoms with van der Waals surface area (Å²) in [5.41, 5.74) is 9.16. The maximum absolute atomic E-state index is 14.0. The van der Waals surface area contributed by atoms with E-state index in [1.807, 2.05) is 31.2 Å². The zero-order valence-electron chi connectivity index (χ0n) is 18.4. The number of aryl methyl sites for hydroxylation is 1. The van der Waals surface area contributed by atoms with Gasteiger partial charge in [0, 0.05) is 23.7 Å². The van der Waals surface area contributed by atoms with Crippen molar-refractivity contribution in [2.24, 2.45) is 0 Å². The zero-order chi connectivity index (χ0) is 23.5. The Morgan fingerprint density at radius 2 is 1.85 bits per heavy atom. The maximum Gasteiger partial charge on any atom is 0.260 e. The molecular formula is C26H24FN3O3. The minimum Gasteiger partial charge on any atom is -0.384 e. The van der Waals surface area contributed by atoms with E-state index < -0.39 is 11.7 Å². The van der Waals surface area contributed by atoms with Crippen molar-refractivity contribution in [3.63, 3.8) is 0 Å². The topological polar surface area (TPSA) is 86.3 Å². The summed E-state index contributed by atoms with van der Waals surface area (Å²) in [4.78, 5) is 25.9. The molecule has 4 aromatic rings. The lowest BCUT2D eigenvalue weighted by molar-refractivity contribution is 0.102. The molecular weight excluding hydrogens is 421 g/mol. The van der Waals surface area contributed by atoms with Crippen LogP contribution in [0.25, 0.3) is 21.9 Å². The predicted octanol–water partition coefficient (Wildman–Crippen LogP) is 4.60. The number of anilines is 2. The Morgan fingerprint density at radius 1 is 1.06 bits per heavy atom. The fraction of sp³-hybridized carbons (Fsp3) is 0.154. The first-order valence-electron chi connectivity index (χ1n) is 10.5. The normalized spacial score (nSPS) is 11.0. The molecule has 0 aliphatic carbocycles. The second-order valence-electron chi connectivity index (χ2n) is 7.77. The van der Waals surface area contributed by atoms with Crippen LogP contribution in [0.2, 0.25) is 0 Å². The van der Waals surface area contributed by atoms with E-state index in [1.165, 1.54) is 22.8 Å². The van der Waals surface area contributed by atoms with Crippen LogP contribution < -0.4 is 16.6 Å². The summed E-state index contributed by atoms with van der Waals surface area (Å²) in [5.74, 6) is -0.868. The van der Waals surface area contributed by atoms with E-state index in [2.05, 4.69) is 5.32 Å². The van der Waals surface area contributed by atoms with Crippen LogP contribution in [0.5, 0.6) is 0 Å². The van der Waals surface area contributed by atoms with E-state index in [0.717, 1.165) is 16.7 Å². The molecule has 6 nitrogen and oxygen atoms in total. The molecule has 3 aromatic carbocycles. The average molecular weight is 445 g/mol. The van der Waals surface area contributed by atoms with Crippen LogP contribution in [0, 0.1) is 12.7 Å². The largest absolute Gasteiger partial charge is 0.384 e. The Labute approximate surface area is 190 Å². The summed E-state index contributed by atoms with van der Waals surface area (Å²) in [5, 5.41) is 3.74. The molecule has 0 fully saturated rings. The molecule has 0 saturated carbocycles. The number of hydrogen-bond acceptors (Lipinski definition) is 4. The van der Waals surface area contributed by atoms with Gasteiger partial charge in [0.15, 0.2) is 0 Å². The van der Waals surface area contributed by atoms with Crippen molar-refractivity contribution in [3.8, 4) is 11.1 Å². The van der Waals surface area contributed by atoms with Crippen LogP contribution in [-0.2, 0) is 11.3 Å². The molecule has 1 amide bonds. The third-order valence-corrected chi connectivity index (χ3v) is 5.51. The number of benzene rings is 3. The average Bonchev–Trinajstić information content (AvgIpc) is 2.80. The number of halogens is 1. The van der Waals surface area contributed by atoms with Gasteiger partial charge in [0.2, 0.25) is 0 Å². The predicted molar refractivity (Wildman–Crippen MR) is 129 cm³/mol. The summed E-state index contributed by atoms with van der Waals surface area (Å²) in [6.45, 7) is 2.58. The number of nitrogens with two attached hydrogens (primary N) is 1. The number of ether oxygens (including phenoxy) is 1. The van der Waals surface area contributed by atoms with Crippen molar-refractivity contribution in [1.82, 2.24) is 4.57 Å². The first-order chi connectivity index (χ1) is 15.9. The quantitative estimate of drug-likeness (QED) is 0.454. The molecule has 168 valence electrons. The van der Waals surface area contributed by atoms with E-state index in [1.54, 1.807) is 31.4 Å². The Bertz CT molecular complexity index is 1410. The Hall–Kier alpha value is -3.97. The number of nitrogens with zero attached hydrogens (tertiary/aromatic N) is 1. The van der Waals surface area contributed by atoms with E-state index in [9.17, 15) is 14.0 Å². The number of fused-ring (bicyclic) bond motifs is 1. The molecule has 7 heteroatoms. The summed E-state index contributed by atoms with van der Waals surface area (Å²) < 4.78 is 20.6. The fourth-order valence-corrected chi connectivity index (χ4v) is 3.90. The van der Waals surface area contributed by atoms with Crippen molar-refractivity contribution >= 4 is 28.2 Å². The highest BCUT2D eigenvalue weighted by Gasteiger charge is 2.18. The third kappa shape index (κ3) is 4.36. The standard InChI is InChI=1S/C26H24FN3O3/c1-16-6-5-7-17(14-16)23-19-11-10-18(29-25(31)20-8-3-4-9-22(20)27)15-21(19)26(32)30(24(23)28)12-13-33-2/h3-11,14-15H,12-13,28H2,1-2H3,(H,29,31). The van der Waals surface area contributed by atoms with Gasteiger partial charge in [-0.3, -0.25) is 14.2 Å². The molecule has 0 radical (unpaired) electrons. The molecule has 0 aliphatic heterocycles. The number of carbonyl (C=O) groups excluding carboxylic acids is 1. The Kier molecular flexibility index (Phi) is 6.24. The van der Waals surface area contributed by atoms with Crippen molar-refractivity contribution in [3.05, 3.63) is 94.0 Å². The number of methoxy groups -OCH3 is 1. The number of nitrogens with one attached hydrogen (secondary N) is 1. The zero-order valence-corrected chi connectivity index (χ0v) is 18.4. The second kappa shape index (κ2) is 9.26. The number of hydrogen-bond donors (Lipinski definition) is 2. The number of nitrogen functional groups attached to an aromatic ring is 1. The molecule has 0 spiro atoms. The summed E-state index contributed by atoms with van der Waals surface area (Å²) in [6, 6.07) is 18.6. The van der Waals surface area contributed by atoms with Gasteiger partial charge in [0.05, 0.1) is 18.7 Å². The second-order valence-corrected chi connectivity index (χ2v) is 7.77. The highest BCUT2D eigenvalue weighted by molar-refractivity contribution is 6.07. The molecule has 0 aliphatic rings. The molecule has 4 rings (SSSR count). The van der Waals surface area contributed by atoms with Gasteiger partial charge in [0.1, 0.15) is 11.6 Å². The lowest BCUT2D eigenvalue weighted by Gasteiger charge is -2.18. The first kappa shape index (κ1) is 22.2. The van der Waals surface area contributed by atoms with Crippen molar-refractivity contribution in [2.75, 3.05) is 24.8 Å². The first-order valence-corrected chi connectivity index (χ1v) is 10.5. The number of rotatable bonds is 6. The van der Waals surface area contributed by atoms with Gasteiger partial charge in [-0.1, -0.05) is 48.0 Å². The van der Waals surface area contributed by atoms with Crippen molar-refractivity contribution in [2.45, 2.75) is 13.5 Å². The molecule has 33 heavy (non-hydrogen) atoms. The van der Waals surface area contributed by atoms with E-state index >= 15 is 0 Å². The van der Waals surface area contributed by atoms with Crippen molar-refractivity contribution in [1.29, 1.82) is 0 Å².